The molecule has 14 heavy (non-hydrogen) atoms. The first kappa shape index (κ1) is 10.3. The molecule has 0 heterocycles. The number of phenols is 1. The Hall–Kier alpha value is -1.82. The Bertz CT molecular complexity index is 391. The maximum absolute atomic E-state index is 10.2. The fraction of sp³-hybridized carbons (Fsp3) is 0.273. The molecule has 0 unspecified atom stereocenters. The molecule has 72 valence electrons. The molecule has 0 fully saturated rings. The predicted molar refractivity (Wildman–Crippen MR) is 51.9 cm³/mol. The zero-order valence-electron chi connectivity index (χ0n) is 7.95. The van der Waals surface area contributed by atoms with Crippen LogP contribution in [0.15, 0.2) is 12.1 Å². The zero-order valence-corrected chi connectivity index (χ0v) is 7.95. The van der Waals surface area contributed by atoms with Gasteiger partial charge in [0.05, 0.1) is 5.56 Å². The van der Waals surface area contributed by atoms with Crippen molar-refractivity contribution in [2.75, 3.05) is 0 Å². The molecule has 0 saturated carbocycles. The number of benzene rings is 1. The monoisotopic (exact) mass is 189 g/mol. The summed E-state index contributed by atoms with van der Waals surface area (Å²) in [5, 5.41) is 18.2. The first-order chi connectivity index (χ1) is 6.69. The van der Waals surface area contributed by atoms with Crippen molar-refractivity contribution in [3.8, 4) is 11.8 Å². The van der Waals surface area contributed by atoms with Crippen molar-refractivity contribution in [1.29, 1.82) is 5.26 Å². The highest BCUT2D eigenvalue weighted by Crippen LogP contribution is 2.23. The van der Waals surface area contributed by atoms with Crippen LogP contribution in [0.25, 0.3) is 0 Å². The van der Waals surface area contributed by atoms with Gasteiger partial charge in [-0.15, -0.1) is 0 Å². The van der Waals surface area contributed by atoms with Crippen molar-refractivity contribution in [3.63, 3.8) is 0 Å². The van der Waals surface area contributed by atoms with Gasteiger partial charge in [-0.25, -0.2) is 0 Å². The maximum atomic E-state index is 10.2. The number of aldehydes is 1. The molecule has 0 aliphatic heterocycles. The molecule has 0 aromatic heterocycles. The van der Waals surface area contributed by atoms with Crippen LogP contribution in [0.4, 0.5) is 0 Å². The molecule has 3 heteroatoms. The Morgan fingerprint density at radius 1 is 1.57 bits per heavy atom. The number of nitriles is 1. The molecule has 0 amide bonds. The van der Waals surface area contributed by atoms with Crippen molar-refractivity contribution < 1.29 is 9.90 Å². The van der Waals surface area contributed by atoms with E-state index in [1.165, 1.54) is 0 Å². The van der Waals surface area contributed by atoms with Crippen molar-refractivity contribution >= 4 is 6.29 Å². The summed E-state index contributed by atoms with van der Waals surface area (Å²) in [6.45, 7) is 1.74. The molecule has 0 atom stereocenters. The van der Waals surface area contributed by atoms with Crippen LogP contribution in [0.5, 0.6) is 5.75 Å². The highest BCUT2D eigenvalue weighted by atomic mass is 16.3. The van der Waals surface area contributed by atoms with Gasteiger partial charge in [0.25, 0.3) is 0 Å². The van der Waals surface area contributed by atoms with Crippen molar-refractivity contribution in [2.45, 2.75) is 19.8 Å². The van der Waals surface area contributed by atoms with Crippen LogP contribution < -0.4 is 0 Å². The minimum absolute atomic E-state index is 0.0300. The van der Waals surface area contributed by atoms with E-state index in [-0.39, 0.29) is 11.3 Å². The molecule has 0 radical (unpaired) electrons. The third-order valence-corrected chi connectivity index (χ3v) is 2.03. The van der Waals surface area contributed by atoms with E-state index < -0.39 is 0 Å². The molecule has 0 spiro atoms. The fourth-order valence-corrected chi connectivity index (χ4v) is 1.31. The maximum Gasteiger partial charge on any atom is 0.136 e. The van der Waals surface area contributed by atoms with Crippen LogP contribution >= 0.6 is 0 Å². The molecule has 1 aromatic rings. The smallest absolute Gasteiger partial charge is 0.136 e. The number of aryl methyl sites for hydroxylation is 2. The Balaban J connectivity index is 3.05. The van der Waals surface area contributed by atoms with Gasteiger partial charge in [0.1, 0.15) is 18.1 Å². The number of carbonyl (C=O) groups excluding carboxylic acids is 1. The van der Waals surface area contributed by atoms with Crippen molar-refractivity contribution in [1.82, 2.24) is 0 Å². The van der Waals surface area contributed by atoms with E-state index in [0.29, 0.717) is 18.4 Å². The average molecular weight is 189 g/mol. The van der Waals surface area contributed by atoms with E-state index in [2.05, 4.69) is 0 Å². The first-order valence-corrected chi connectivity index (χ1v) is 4.35. The molecular formula is C11H11NO2. The summed E-state index contributed by atoms with van der Waals surface area (Å²) in [5.41, 5.74) is 1.85. The summed E-state index contributed by atoms with van der Waals surface area (Å²) < 4.78 is 0. The third kappa shape index (κ3) is 2.11. The normalized spacial score (nSPS) is 9.43. The molecule has 0 bridgehead atoms. The number of phenolic OH excluding ortho intramolecular Hbond substituents is 1. The van der Waals surface area contributed by atoms with Gasteiger partial charge in [0.15, 0.2) is 0 Å². The second kappa shape index (κ2) is 4.43. The quantitative estimate of drug-likeness (QED) is 0.736. The highest BCUT2D eigenvalue weighted by Gasteiger charge is 2.05. The van der Waals surface area contributed by atoms with E-state index >= 15 is 0 Å². The van der Waals surface area contributed by atoms with E-state index in [9.17, 15) is 9.90 Å². The Kier molecular flexibility index (Phi) is 3.24. The summed E-state index contributed by atoms with van der Waals surface area (Å²) in [6, 6.07) is 5.32. The van der Waals surface area contributed by atoms with Gasteiger partial charge < -0.3 is 9.90 Å². The predicted octanol–water partition coefficient (Wildman–Crippen LogP) is 1.70. The minimum atomic E-state index is 0.0300. The lowest BCUT2D eigenvalue weighted by atomic mass is 10.0. The molecule has 1 N–H and O–H groups in total. The number of hydrogen-bond donors (Lipinski definition) is 1. The zero-order chi connectivity index (χ0) is 10.6. The molecule has 1 rings (SSSR count). The van der Waals surface area contributed by atoms with Crippen LogP contribution in [-0.2, 0) is 11.2 Å². The van der Waals surface area contributed by atoms with Crippen molar-refractivity contribution in [2.24, 2.45) is 0 Å². The van der Waals surface area contributed by atoms with Gasteiger partial charge in [-0.1, -0.05) is 6.07 Å². The van der Waals surface area contributed by atoms with E-state index in [4.69, 9.17) is 5.26 Å². The summed E-state index contributed by atoms with van der Waals surface area (Å²) in [6.07, 6.45) is 1.89. The number of carbonyl (C=O) groups is 1. The SMILES string of the molecule is Cc1cc(CCC=O)cc(C#N)c1O. The number of rotatable bonds is 3. The minimum Gasteiger partial charge on any atom is -0.506 e. The summed E-state index contributed by atoms with van der Waals surface area (Å²) in [7, 11) is 0. The van der Waals surface area contributed by atoms with Gasteiger partial charge in [-0.2, -0.15) is 5.26 Å². The van der Waals surface area contributed by atoms with Crippen LogP contribution in [0.1, 0.15) is 23.1 Å². The van der Waals surface area contributed by atoms with Crippen LogP contribution in [0.2, 0.25) is 0 Å². The lowest BCUT2D eigenvalue weighted by molar-refractivity contribution is -0.107. The van der Waals surface area contributed by atoms with Crippen LogP contribution in [-0.4, -0.2) is 11.4 Å². The molecule has 0 saturated heterocycles. The van der Waals surface area contributed by atoms with Gasteiger partial charge in [-0.3, -0.25) is 0 Å². The number of hydrogen-bond acceptors (Lipinski definition) is 3. The summed E-state index contributed by atoms with van der Waals surface area (Å²) in [4.78, 5) is 10.2. The van der Waals surface area contributed by atoms with Crippen molar-refractivity contribution in [3.05, 3.63) is 28.8 Å². The standard InChI is InChI=1S/C11H11NO2/c1-8-5-9(3-2-4-13)6-10(7-12)11(8)14/h4-6,14H,2-3H2,1H3. The van der Waals surface area contributed by atoms with Crippen LogP contribution in [0.3, 0.4) is 0 Å². The highest BCUT2D eigenvalue weighted by molar-refractivity contribution is 5.52. The lowest BCUT2D eigenvalue weighted by Gasteiger charge is -2.04. The summed E-state index contributed by atoms with van der Waals surface area (Å²) in [5.74, 6) is 0.0300. The number of nitrogens with zero attached hydrogens (tertiary/aromatic N) is 1. The van der Waals surface area contributed by atoms with Gasteiger partial charge in [0, 0.05) is 6.42 Å². The van der Waals surface area contributed by atoms with E-state index in [0.717, 1.165) is 11.8 Å². The second-order valence-electron chi connectivity index (χ2n) is 3.13. The molecule has 1 aromatic carbocycles. The fourth-order valence-electron chi connectivity index (χ4n) is 1.31. The van der Waals surface area contributed by atoms with E-state index in [1.54, 1.807) is 19.1 Å². The molecule has 3 nitrogen and oxygen atoms in total. The lowest BCUT2D eigenvalue weighted by Crippen LogP contribution is -1.90. The Labute approximate surface area is 82.6 Å². The first-order valence-electron chi connectivity index (χ1n) is 4.35. The van der Waals surface area contributed by atoms with E-state index in [1.807, 2.05) is 6.07 Å². The van der Waals surface area contributed by atoms with Crippen LogP contribution in [0, 0.1) is 18.3 Å². The number of aromatic hydroxyl groups is 1. The van der Waals surface area contributed by atoms with Gasteiger partial charge in [0.2, 0.25) is 0 Å². The van der Waals surface area contributed by atoms with Gasteiger partial charge in [-0.05, 0) is 30.5 Å². The Morgan fingerprint density at radius 2 is 2.29 bits per heavy atom. The molecule has 0 aliphatic carbocycles. The second-order valence-corrected chi connectivity index (χ2v) is 3.13. The molecule has 0 aliphatic rings. The van der Waals surface area contributed by atoms with Gasteiger partial charge >= 0.3 is 0 Å². The summed E-state index contributed by atoms with van der Waals surface area (Å²) >= 11 is 0. The third-order valence-electron chi connectivity index (χ3n) is 2.03. The molecular weight excluding hydrogens is 178 g/mol. The average Bonchev–Trinajstić information content (AvgIpc) is 2.19. The Morgan fingerprint density at radius 3 is 2.86 bits per heavy atom. The largest absolute Gasteiger partial charge is 0.506 e. The topological polar surface area (TPSA) is 61.1 Å².